The Labute approximate surface area is 399 Å². The molecule has 2 aromatic heterocycles. The minimum atomic E-state index is -0.220. The van der Waals surface area contributed by atoms with E-state index < -0.39 is 0 Å². The number of phenolic OH excluding ortho intramolecular Hbond substituents is 1. The molecule has 9 rings (SSSR count). The van der Waals surface area contributed by atoms with Gasteiger partial charge < -0.3 is 5.11 Å². The Morgan fingerprint density at radius 2 is 1.00 bits per heavy atom. The largest absolute Gasteiger partial charge is 0.507 e. The van der Waals surface area contributed by atoms with Crippen molar-refractivity contribution >= 4 is 11.0 Å². The molecule has 9 aromatic rings. The normalized spacial score (nSPS) is 12.0. The van der Waals surface area contributed by atoms with E-state index >= 15 is 0 Å². The van der Waals surface area contributed by atoms with Crippen molar-refractivity contribution in [2.45, 2.75) is 78.6 Å². The van der Waals surface area contributed by atoms with Gasteiger partial charge in [-0.1, -0.05) is 189 Å². The first kappa shape index (κ1) is 45.2. The topological polar surface area (TPSA) is 50.9 Å². The Morgan fingerprint density at radius 3 is 1.62 bits per heavy atom. The number of benzene rings is 7. The van der Waals surface area contributed by atoms with Gasteiger partial charge in [-0.05, 0) is 86.0 Å². The third kappa shape index (κ3) is 9.02. The van der Waals surface area contributed by atoms with E-state index in [0.717, 1.165) is 78.0 Å². The van der Waals surface area contributed by atoms with Crippen molar-refractivity contribution in [1.29, 1.82) is 0 Å². The molecule has 0 unspecified atom stereocenters. The number of para-hydroxylation sites is 1. The molecule has 0 aliphatic heterocycles. The average molecular weight is 1030 g/mol. The molecular weight excluding hydrogens is 974 g/mol. The van der Waals surface area contributed by atoms with Crippen molar-refractivity contribution < 1.29 is 26.2 Å². The van der Waals surface area contributed by atoms with Crippen LogP contribution in [0.4, 0.5) is 0 Å². The Hall–Kier alpha value is -6.35. The molecule has 0 fully saturated rings. The van der Waals surface area contributed by atoms with Crippen LogP contribution < -0.4 is 0 Å². The number of fused-ring (bicyclic) bond motifs is 1. The van der Waals surface area contributed by atoms with Crippen molar-refractivity contribution in [3.8, 4) is 78.6 Å². The van der Waals surface area contributed by atoms with Crippen molar-refractivity contribution in [2.24, 2.45) is 0 Å². The van der Waals surface area contributed by atoms with E-state index in [-0.39, 0.29) is 43.1 Å². The summed E-state index contributed by atoms with van der Waals surface area (Å²) >= 11 is 0. The first-order valence-electron chi connectivity index (χ1n) is 22.3. The molecule has 4 nitrogen and oxygen atoms in total. The summed E-state index contributed by atoms with van der Waals surface area (Å²) in [6, 6.07) is 61.3. The SMILES string of the molecule is CC(C)(C)c1cc(-c2cc(-c3ccccc3)ccn2)[c-]c(-c2cccc3c2nc(-c2cc(C(C)(C)C)cc(-c4ccccc4)c2O)n3-c2ccc(C(C)(C)C)cc2-c2ccccc2)c1.[Pt]. The van der Waals surface area contributed by atoms with Crippen LogP contribution in [0.25, 0.3) is 83.9 Å². The van der Waals surface area contributed by atoms with Gasteiger partial charge in [0.2, 0.25) is 0 Å². The molecule has 0 spiro atoms. The Morgan fingerprint density at radius 1 is 0.462 bits per heavy atom. The monoisotopic (exact) mass is 1030 g/mol. The molecule has 0 atom stereocenters. The van der Waals surface area contributed by atoms with Crippen LogP contribution in [0.5, 0.6) is 5.75 Å². The number of hydrogen-bond acceptors (Lipinski definition) is 3. The predicted octanol–water partition coefficient (Wildman–Crippen LogP) is 15.8. The van der Waals surface area contributed by atoms with E-state index in [9.17, 15) is 5.11 Å². The van der Waals surface area contributed by atoms with Crippen LogP contribution in [-0.4, -0.2) is 19.6 Å². The summed E-state index contributed by atoms with van der Waals surface area (Å²) in [5, 5.41) is 12.6. The van der Waals surface area contributed by atoms with Gasteiger partial charge in [0, 0.05) is 44.1 Å². The summed E-state index contributed by atoms with van der Waals surface area (Å²) in [6.07, 6.45) is 1.89. The zero-order chi connectivity index (χ0) is 45.0. The molecular formula is C60H56N3OPt-. The van der Waals surface area contributed by atoms with Crippen molar-refractivity contribution in [3.05, 3.63) is 193 Å². The maximum Gasteiger partial charge on any atom is 0.148 e. The molecule has 2 heterocycles. The summed E-state index contributed by atoms with van der Waals surface area (Å²) in [5.41, 5.74) is 16.2. The van der Waals surface area contributed by atoms with Crippen LogP contribution >= 0.6 is 0 Å². The Bertz CT molecular complexity index is 3150. The third-order valence-corrected chi connectivity index (χ3v) is 12.3. The number of pyridine rings is 1. The fourth-order valence-electron chi connectivity index (χ4n) is 8.54. The van der Waals surface area contributed by atoms with Gasteiger partial charge in [-0.2, -0.15) is 0 Å². The number of aromatic hydroxyl groups is 1. The van der Waals surface area contributed by atoms with Crippen molar-refractivity contribution in [2.75, 3.05) is 0 Å². The summed E-state index contributed by atoms with van der Waals surface area (Å²) in [6.45, 7) is 20.2. The summed E-state index contributed by atoms with van der Waals surface area (Å²) in [4.78, 5) is 10.6. The second kappa shape index (κ2) is 17.6. The van der Waals surface area contributed by atoms with Gasteiger partial charge in [-0.25, -0.2) is 4.98 Å². The van der Waals surface area contributed by atoms with Crippen molar-refractivity contribution in [1.82, 2.24) is 14.5 Å². The van der Waals surface area contributed by atoms with E-state index in [1.165, 1.54) is 11.1 Å². The molecule has 0 amide bonds. The van der Waals surface area contributed by atoms with E-state index in [0.29, 0.717) is 11.4 Å². The third-order valence-electron chi connectivity index (χ3n) is 12.3. The molecule has 1 N–H and O–H groups in total. The molecule has 65 heavy (non-hydrogen) atoms. The second-order valence-electron chi connectivity index (χ2n) is 20.1. The molecule has 5 heteroatoms. The minimum absolute atomic E-state index is 0. The molecule has 328 valence electrons. The maximum absolute atomic E-state index is 12.6. The zero-order valence-corrected chi connectivity index (χ0v) is 41.0. The van der Waals surface area contributed by atoms with Crippen LogP contribution in [0.15, 0.2) is 170 Å². The first-order valence-corrected chi connectivity index (χ1v) is 22.3. The van der Waals surface area contributed by atoms with E-state index in [1.807, 2.05) is 30.5 Å². The van der Waals surface area contributed by atoms with Crippen molar-refractivity contribution in [3.63, 3.8) is 0 Å². The molecule has 0 radical (unpaired) electrons. The molecule has 0 aliphatic carbocycles. The Kier molecular flexibility index (Phi) is 12.2. The molecule has 0 saturated carbocycles. The molecule has 0 aliphatic rings. The van der Waals surface area contributed by atoms with Crippen LogP contribution in [-0.2, 0) is 37.3 Å². The molecule has 0 bridgehead atoms. The van der Waals surface area contributed by atoms with Crippen LogP contribution in [0.3, 0.4) is 0 Å². The van der Waals surface area contributed by atoms with Gasteiger partial charge in [0.05, 0.1) is 22.3 Å². The van der Waals surface area contributed by atoms with Gasteiger partial charge in [-0.15, -0.1) is 29.3 Å². The van der Waals surface area contributed by atoms with Crippen LogP contribution in [0.1, 0.15) is 79.0 Å². The fraction of sp³-hybridized carbons (Fsp3) is 0.200. The summed E-state index contributed by atoms with van der Waals surface area (Å²) < 4.78 is 2.27. The fourth-order valence-corrected chi connectivity index (χ4v) is 8.54. The molecule has 7 aromatic carbocycles. The number of imidazole rings is 1. The standard InChI is InChI=1S/C60H56N3O.Pt/c1-58(2,3)45-28-29-53(49(36-45)40-22-15-11-16-23-40)63-54-27-19-26-48(55(54)62-57(63)51-38-47(60(7,8)9)37-50(56(51)64)41-24-17-12-18-25-41)43-32-44(34-46(33-43)59(4,5)6)52-35-42(30-31-61-52)39-20-13-10-14-21-39;/h10-31,33-38,64H,1-9H3;/q-1;. The minimum Gasteiger partial charge on any atom is -0.507 e. The van der Waals surface area contributed by atoms with Gasteiger partial charge in [-0.3, -0.25) is 9.55 Å². The van der Waals surface area contributed by atoms with Crippen LogP contribution in [0, 0.1) is 6.07 Å². The van der Waals surface area contributed by atoms with E-state index in [4.69, 9.17) is 9.97 Å². The summed E-state index contributed by atoms with van der Waals surface area (Å²) in [5.74, 6) is 0.853. The predicted molar refractivity (Wildman–Crippen MR) is 268 cm³/mol. The second-order valence-corrected chi connectivity index (χ2v) is 20.1. The van der Waals surface area contributed by atoms with Gasteiger partial charge >= 0.3 is 0 Å². The van der Waals surface area contributed by atoms with Gasteiger partial charge in [0.25, 0.3) is 0 Å². The van der Waals surface area contributed by atoms with Gasteiger partial charge in [0.15, 0.2) is 0 Å². The number of hydrogen-bond donors (Lipinski definition) is 1. The maximum atomic E-state index is 12.6. The smallest absolute Gasteiger partial charge is 0.148 e. The Balaban J connectivity index is 0.00000576. The molecule has 0 saturated heterocycles. The summed E-state index contributed by atoms with van der Waals surface area (Å²) in [7, 11) is 0. The van der Waals surface area contributed by atoms with Gasteiger partial charge in [0.1, 0.15) is 11.6 Å². The number of nitrogens with zero attached hydrogens (tertiary/aromatic N) is 3. The first-order chi connectivity index (χ1) is 30.5. The quantitative estimate of drug-likeness (QED) is 0.162. The number of phenols is 1. The zero-order valence-electron chi connectivity index (χ0n) is 38.8. The number of rotatable bonds is 7. The van der Waals surface area contributed by atoms with Crippen LogP contribution in [0.2, 0.25) is 0 Å². The van der Waals surface area contributed by atoms with E-state index in [2.05, 4.69) is 212 Å². The average Bonchev–Trinajstić information content (AvgIpc) is 3.68. The number of aromatic nitrogens is 3. The van der Waals surface area contributed by atoms with E-state index in [1.54, 1.807) is 0 Å².